The minimum Gasteiger partial charge on any atom is -0.395 e. The van der Waals surface area contributed by atoms with Crippen LogP contribution in [0.5, 0.6) is 0 Å². The number of rotatable bonds is 4. The summed E-state index contributed by atoms with van der Waals surface area (Å²) in [6.07, 6.45) is 0. The normalized spacial score (nSPS) is 15.4. The molecule has 1 unspecified atom stereocenters. The van der Waals surface area contributed by atoms with Gasteiger partial charge in [-0.25, -0.2) is 0 Å². The summed E-state index contributed by atoms with van der Waals surface area (Å²) in [5.74, 6) is 0. The van der Waals surface area contributed by atoms with Gasteiger partial charge in [-0.05, 0) is 19.4 Å². The largest absolute Gasteiger partial charge is 0.395 e. The van der Waals surface area contributed by atoms with Gasteiger partial charge in [-0.3, -0.25) is 0 Å². The molecule has 10 heavy (non-hydrogen) atoms. The molecule has 0 rings (SSSR count). The number of hydrogen-bond acceptors (Lipinski definition) is 2. The number of hydrogen-bond donors (Lipinski definition) is 2. The van der Waals surface area contributed by atoms with Crippen LogP contribution in [0.4, 0.5) is 0 Å². The molecule has 2 nitrogen and oxygen atoms in total. The lowest BCUT2D eigenvalue weighted by Crippen LogP contribution is -2.30. The van der Waals surface area contributed by atoms with Gasteiger partial charge in [-0.1, -0.05) is 11.6 Å². The maximum Gasteiger partial charge on any atom is 0.0582 e. The molecule has 3 heteroatoms. The van der Waals surface area contributed by atoms with Gasteiger partial charge in [-0.2, -0.15) is 0 Å². The predicted octanol–water partition coefficient (Wildman–Crippen LogP) is 1.10. The van der Waals surface area contributed by atoms with Crippen molar-refractivity contribution in [3.63, 3.8) is 0 Å². The molecule has 60 valence electrons. The maximum atomic E-state index is 8.61. The Kier molecular flexibility index (Phi) is 5.69. The molecular weight excluding hydrogens is 150 g/mol. The topological polar surface area (TPSA) is 32.3 Å². The predicted molar refractivity (Wildman–Crippen MR) is 44.2 cm³/mol. The third-order valence-electron chi connectivity index (χ3n) is 1.19. The van der Waals surface area contributed by atoms with Crippen LogP contribution in [0.2, 0.25) is 0 Å². The van der Waals surface area contributed by atoms with Gasteiger partial charge >= 0.3 is 0 Å². The lowest BCUT2D eigenvalue weighted by molar-refractivity contribution is 0.254. The fourth-order valence-corrected chi connectivity index (χ4v) is 0.515. The summed E-state index contributed by atoms with van der Waals surface area (Å²) in [6.45, 7) is 4.76. The Bertz CT molecular complexity index is 114. The van der Waals surface area contributed by atoms with E-state index in [1.165, 1.54) is 5.54 Å². The zero-order valence-electron chi connectivity index (χ0n) is 6.39. The second-order valence-electron chi connectivity index (χ2n) is 2.42. The molecule has 0 bridgehead atoms. The summed E-state index contributed by atoms with van der Waals surface area (Å²) < 4.78 is 0. The molecule has 0 aliphatic heterocycles. The molecule has 2 N–H and O–H groups in total. The third kappa shape index (κ3) is 4.79. The average molecular weight is 164 g/mol. The first-order valence-electron chi connectivity index (χ1n) is 3.30. The van der Waals surface area contributed by atoms with E-state index in [9.17, 15) is 0 Å². The highest BCUT2D eigenvalue weighted by Crippen LogP contribution is 1.92. The Morgan fingerprint density at radius 3 is 2.80 bits per heavy atom. The number of aliphatic hydroxyl groups is 1. The summed E-state index contributed by atoms with van der Waals surface area (Å²) in [5.41, 5.74) is 2.61. The monoisotopic (exact) mass is 163 g/mol. The number of nitrogens with one attached hydrogen (secondary N) is 1. The fraction of sp³-hybridized carbons (Fsp3) is 0.714. The second-order valence-corrected chi connectivity index (χ2v) is 2.64. The Morgan fingerprint density at radius 2 is 2.40 bits per heavy atom. The Balaban J connectivity index is 3.35. The van der Waals surface area contributed by atoms with E-state index >= 15 is 0 Å². The van der Waals surface area contributed by atoms with Crippen LogP contribution in [0.1, 0.15) is 13.8 Å². The highest BCUT2D eigenvalue weighted by Gasteiger charge is 1.96. The van der Waals surface area contributed by atoms with Crippen molar-refractivity contribution >= 4 is 11.6 Å². The van der Waals surface area contributed by atoms with Crippen molar-refractivity contribution in [1.29, 1.82) is 0 Å². The molecule has 0 saturated carbocycles. The number of halogens is 1. The van der Waals surface area contributed by atoms with E-state index < -0.39 is 0 Å². The van der Waals surface area contributed by atoms with Crippen molar-refractivity contribution in [3.05, 3.63) is 11.1 Å². The van der Waals surface area contributed by atoms with Gasteiger partial charge in [0.1, 0.15) is 0 Å². The van der Waals surface area contributed by atoms with Crippen LogP contribution < -0.4 is 5.32 Å². The van der Waals surface area contributed by atoms with Crippen molar-refractivity contribution in [2.24, 2.45) is 0 Å². The molecular formula is C7H14ClNO. The zero-order valence-corrected chi connectivity index (χ0v) is 7.15. The first kappa shape index (κ1) is 9.95. The van der Waals surface area contributed by atoms with Crippen LogP contribution >= 0.6 is 11.6 Å². The van der Waals surface area contributed by atoms with Crippen LogP contribution in [0.15, 0.2) is 11.1 Å². The first-order chi connectivity index (χ1) is 4.70. The SMILES string of the molecule is CC(=CCl)CNC(C)CO. The van der Waals surface area contributed by atoms with Crippen molar-refractivity contribution in [1.82, 2.24) is 5.32 Å². The molecule has 1 atom stereocenters. The summed E-state index contributed by atoms with van der Waals surface area (Å²) in [4.78, 5) is 0. The molecule has 0 fully saturated rings. The molecule has 0 aromatic carbocycles. The summed E-state index contributed by atoms with van der Waals surface area (Å²) in [6, 6.07) is 0.145. The van der Waals surface area contributed by atoms with Gasteiger partial charge in [0.2, 0.25) is 0 Å². The van der Waals surface area contributed by atoms with Gasteiger partial charge in [0, 0.05) is 18.1 Å². The van der Waals surface area contributed by atoms with E-state index in [2.05, 4.69) is 5.32 Å². The Morgan fingerprint density at radius 1 is 1.80 bits per heavy atom. The van der Waals surface area contributed by atoms with Gasteiger partial charge < -0.3 is 10.4 Å². The molecule has 0 radical (unpaired) electrons. The van der Waals surface area contributed by atoms with E-state index in [-0.39, 0.29) is 12.6 Å². The lowest BCUT2D eigenvalue weighted by Gasteiger charge is -2.09. The maximum absolute atomic E-state index is 8.61. The Labute approximate surface area is 66.9 Å². The average Bonchev–Trinajstić information content (AvgIpc) is 1.99. The highest BCUT2D eigenvalue weighted by atomic mass is 35.5. The van der Waals surface area contributed by atoms with Gasteiger partial charge in [-0.15, -0.1) is 0 Å². The zero-order chi connectivity index (χ0) is 7.98. The van der Waals surface area contributed by atoms with Crippen LogP contribution in [0.25, 0.3) is 0 Å². The van der Waals surface area contributed by atoms with Crippen molar-refractivity contribution < 1.29 is 5.11 Å². The van der Waals surface area contributed by atoms with Crippen molar-refractivity contribution in [2.75, 3.05) is 13.2 Å². The van der Waals surface area contributed by atoms with E-state index in [1.54, 1.807) is 0 Å². The minimum atomic E-state index is 0.145. The van der Waals surface area contributed by atoms with Crippen molar-refractivity contribution in [2.45, 2.75) is 19.9 Å². The molecule has 0 aliphatic carbocycles. The summed E-state index contributed by atoms with van der Waals surface area (Å²) in [5, 5.41) is 11.7. The lowest BCUT2D eigenvalue weighted by atomic mass is 10.3. The van der Waals surface area contributed by atoms with Crippen LogP contribution in [-0.2, 0) is 0 Å². The second kappa shape index (κ2) is 5.71. The summed E-state index contributed by atoms with van der Waals surface area (Å²) in [7, 11) is 0. The summed E-state index contributed by atoms with van der Waals surface area (Å²) >= 11 is 5.41. The minimum absolute atomic E-state index is 0.145. The standard InChI is InChI=1S/C7H14ClNO/c1-6(3-8)4-9-7(2)5-10/h3,7,9-10H,4-5H2,1-2H3. The van der Waals surface area contributed by atoms with E-state index in [1.807, 2.05) is 13.8 Å². The third-order valence-corrected chi connectivity index (χ3v) is 1.56. The molecule has 0 spiro atoms. The number of aliphatic hydroxyl groups excluding tert-OH is 1. The Hall–Kier alpha value is -0.0500. The first-order valence-corrected chi connectivity index (χ1v) is 3.74. The van der Waals surface area contributed by atoms with Gasteiger partial charge in [0.25, 0.3) is 0 Å². The quantitative estimate of drug-likeness (QED) is 0.651. The fourth-order valence-electron chi connectivity index (χ4n) is 0.438. The van der Waals surface area contributed by atoms with E-state index in [4.69, 9.17) is 16.7 Å². The molecule has 0 heterocycles. The molecule has 0 aliphatic rings. The van der Waals surface area contributed by atoms with Gasteiger partial charge in [0.15, 0.2) is 0 Å². The van der Waals surface area contributed by atoms with Crippen LogP contribution in [0.3, 0.4) is 0 Å². The van der Waals surface area contributed by atoms with Crippen LogP contribution in [-0.4, -0.2) is 24.3 Å². The van der Waals surface area contributed by atoms with Gasteiger partial charge in [0.05, 0.1) is 6.61 Å². The highest BCUT2D eigenvalue weighted by molar-refractivity contribution is 6.25. The van der Waals surface area contributed by atoms with E-state index in [0.29, 0.717) is 0 Å². The molecule has 0 aromatic heterocycles. The van der Waals surface area contributed by atoms with Crippen LogP contribution in [0, 0.1) is 0 Å². The van der Waals surface area contributed by atoms with E-state index in [0.717, 1.165) is 12.1 Å². The van der Waals surface area contributed by atoms with Crippen molar-refractivity contribution in [3.8, 4) is 0 Å². The molecule has 0 amide bonds. The smallest absolute Gasteiger partial charge is 0.0582 e. The molecule has 0 saturated heterocycles. The molecule has 0 aromatic rings.